The van der Waals surface area contributed by atoms with Crippen LogP contribution in [0.3, 0.4) is 0 Å². The fourth-order valence-electron chi connectivity index (χ4n) is 4.28. The van der Waals surface area contributed by atoms with Crippen LogP contribution in [0.1, 0.15) is 44.1 Å². The summed E-state index contributed by atoms with van der Waals surface area (Å²) in [5.41, 5.74) is 1.85. The Labute approximate surface area is 138 Å². The van der Waals surface area contributed by atoms with Crippen LogP contribution in [0.15, 0.2) is 24.5 Å². The second-order valence-electron chi connectivity index (χ2n) is 7.77. The number of amides is 1. The van der Waals surface area contributed by atoms with E-state index in [-0.39, 0.29) is 0 Å². The van der Waals surface area contributed by atoms with Crippen molar-refractivity contribution in [2.75, 3.05) is 19.6 Å². The lowest BCUT2D eigenvalue weighted by atomic mass is 9.84. The highest BCUT2D eigenvalue weighted by atomic mass is 16.1. The molecule has 1 aromatic rings. The van der Waals surface area contributed by atoms with Crippen molar-refractivity contribution in [1.29, 1.82) is 0 Å². The topological polar surface area (TPSA) is 45.2 Å². The average Bonchev–Trinajstić information content (AvgIpc) is 3.20. The number of likely N-dealkylation sites (tertiary alicyclic amines) is 1. The lowest BCUT2D eigenvalue weighted by Crippen LogP contribution is -2.38. The average molecular weight is 313 g/mol. The lowest BCUT2D eigenvalue weighted by Gasteiger charge is -2.33. The van der Waals surface area contributed by atoms with E-state index < -0.39 is 0 Å². The standard InChI is InChI=1S/C19H27N3O/c23-18(16-4-1-5-16)21-13-17-11-19(17)6-9-22(10-7-19)14-15-3-2-8-20-12-15/h2-3,8,12,16-17H,1,4-7,9-11,13-14H2,(H,21,23). The summed E-state index contributed by atoms with van der Waals surface area (Å²) in [7, 11) is 0. The summed E-state index contributed by atoms with van der Waals surface area (Å²) in [6.45, 7) is 4.30. The van der Waals surface area contributed by atoms with E-state index in [4.69, 9.17) is 0 Å². The van der Waals surface area contributed by atoms with Crippen LogP contribution in [0.4, 0.5) is 0 Å². The Morgan fingerprint density at radius 1 is 1.35 bits per heavy atom. The van der Waals surface area contributed by atoms with Gasteiger partial charge in [0.2, 0.25) is 5.91 Å². The monoisotopic (exact) mass is 313 g/mol. The third-order valence-corrected chi connectivity index (χ3v) is 6.34. The van der Waals surface area contributed by atoms with Crippen molar-refractivity contribution in [3.05, 3.63) is 30.1 Å². The van der Waals surface area contributed by atoms with Gasteiger partial charge in [-0.15, -0.1) is 0 Å². The van der Waals surface area contributed by atoms with Crippen LogP contribution in [0.25, 0.3) is 0 Å². The molecular formula is C19H27N3O. The number of nitrogens with zero attached hydrogens (tertiary/aromatic N) is 2. The van der Waals surface area contributed by atoms with Gasteiger partial charge in [0.25, 0.3) is 0 Å². The SMILES string of the molecule is O=C(NCC1CC12CCN(Cc1cccnc1)CC2)C1CCC1. The van der Waals surface area contributed by atoms with Gasteiger partial charge in [0.15, 0.2) is 0 Å². The molecule has 3 aliphatic rings. The molecule has 4 nitrogen and oxygen atoms in total. The Morgan fingerprint density at radius 2 is 2.17 bits per heavy atom. The van der Waals surface area contributed by atoms with Gasteiger partial charge < -0.3 is 5.32 Å². The summed E-state index contributed by atoms with van der Waals surface area (Å²) in [4.78, 5) is 18.7. The molecular weight excluding hydrogens is 286 g/mol. The Kier molecular flexibility index (Phi) is 4.10. The number of nitrogens with one attached hydrogen (secondary N) is 1. The number of pyridine rings is 1. The van der Waals surface area contributed by atoms with Crippen LogP contribution in [-0.4, -0.2) is 35.4 Å². The molecule has 1 spiro atoms. The second kappa shape index (κ2) is 6.23. The highest BCUT2D eigenvalue weighted by molar-refractivity contribution is 5.79. The molecule has 0 bridgehead atoms. The smallest absolute Gasteiger partial charge is 0.223 e. The molecule has 0 aromatic carbocycles. The molecule has 1 atom stereocenters. The van der Waals surface area contributed by atoms with Gasteiger partial charge in [0.1, 0.15) is 0 Å². The van der Waals surface area contributed by atoms with Gasteiger partial charge in [0, 0.05) is 31.4 Å². The van der Waals surface area contributed by atoms with Crippen molar-refractivity contribution in [2.24, 2.45) is 17.3 Å². The van der Waals surface area contributed by atoms with Gasteiger partial charge in [-0.1, -0.05) is 12.5 Å². The Hall–Kier alpha value is -1.42. The predicted octanol–water partition coefficient (Wildman–Crippen LogP) is 2.60. The van der Waals surface area contributed by atoms with Crippen molar-refractivity contribution in [1.82, 2.24) is 15.2 Å². The zero-order valence-electron chi connectivity index (χ0n) is 13.8. The van der Waals surface area contributed by atoms with E-state index in [2.05, 4.69) is 21.3 Å². The number of hydrogen-bond donors (Lipinski definition) is 1. The van der Waals surface area contributed by atoms with E-state index in [0.717, 1.165) is 31.8 Å². The fourth-order valence-corrected chi connectivity index (χ4v) is 4.28. The van der Waals surface area contributed by atoms with Gasteiger partial charge in [-0.2, -0.15) is 0 Å². The van der Waals surface area contributed by atoms with E-state index in [1.54, 1.807) is 0 Å². The van der Waals surface area contributed by atoms with Crippen molar-refractivity contribution >= 4 is 5.91 Å². The molecule has 1 saturated heterocycles. The summed E-state index contributed by atoms with van der Waals surface area (Å²) < 4.78 is 0. The van der Waals surface area contributed by atoms with Crippen LogP contribution in [-0.2, 0) is 11.3 Å². The predicted molar refractivity (Wildman–Crippen MR) is 89.6 cm³/mol. The number of aromatic nitrogens is 1. The number of carbonyl (C=O) groups excluding carboxylic acids is 1. The van der Waals surface area contributed by atoms with E-state index in [9.17, 15) is 4.79 Å². The van der Waals surface area contributed by atoms with Crippen LogP contribution in [0, 0.1) is 17.3 Å². The minimum atomic E-state index is 0.312. The van der Waals surface area contributed by atoms with E-state index in [0.29, 0.717) is 17.2 Å². The molecule has 23 heavy (non-hydrogen) atoms. The lowest BCUT2D eigenvalue weighted by molar-refractivity contribution is -0.127. The Morgan fingerprint density at radius 3 is 2.83 bits per heavy atom. The van der Waals surface area contributed by atoms with E-state index >= 15 is 0 Å². The maximum absolute atomic E-state index is 12.0. The number of rotatable bonds is 5. The first-order valence-corrected chi connectivity index (χ1v) is 9.14. The summed E-state index contributed by atoms with van der Waals surface area (Å²) in [5, 5.41) is 3.21. The maximum Gasteiger partial charge on any atom is 0.223 e. The molecule has 2 saturated carbocycles. The molecule has 1 N–H and O–H groups in total. The van der Waals surface area contributed by atoms with Gasteiger partial charge in [-0.3, -0.25) is 14.7 Å². The minimum Gasteiger partial charge on any atom is -0.356 e. The molecule has 1 aliphatic heterocycles. The maximum atomic E-state index is 12.0. The van der Waals surface area contributed by atoms with E-state index in [1.165, 1.54) is 44.3 Å². The zero-order chi connectivity index (χ0) is 15.7. The van der Waals surface area contributed by atoms with Crippen molar-refractivity contribution < 1.29 is 4.79 Å². The summed E-state index contributed by atoms with van der Waals surface area (Å²) in [6.07, 6.45) is 11.1. The minimum absolute atomic E-state index is 0.312. The Bertz CT molecular complexity index is 547. The van der Waals surface area contributed by atoms with Gasteiger partial charge in [0.05, 0.1) is 0 Å². The zero-order valence-corrected chi connectivity index (χ0v) is 13.8. The molecule has 1 amide bonds. The third-order valence-electron chi connectivity index (χ3n) is 6.34. The van der Waals surface area contributed by atoms with Crippen LogP contribution in [0.5, 0.6) is 0 Å². The molecule has 1 aromatic heterocycles. The first-order chi connectivity index (χ1) is 11.3. The molecule has 2 aliphatic carbocycles. The first-order valence-electron chi connectivity index (χ1n) is 9.14. The first kappa shape index (κ1) is 15.1. The van der Waals surface area contributed by atoms with E-state index in [1.807, 2.05) is 18.5 Å². The fraction of sp³-hybridized carbons (Fsp3) is 0.684. The molecule has 4 rings (SSSR count). The molecule has 0 radical (unpaired) electrons. The molecule has 2 heterocycles. The van der Waals surface area contributed by atoms with Gasteiger partial charge in [-0.25, -0.2) is 0 Å². The van der Waals surface area contributed by atoms with Crippen molar-refractivity contribution in [3.8, 4) is 0 Å². The second-order valence-corrected chi connectivity index (χ2v) is 7.77. The molecule has 3 fully saturated rings. The molecule has 4 heteroatoms. The molecule has 124 valence electrons. The number of hydrogen-bond acceptors (Lipinski definition) is 3. The summed E-state index contributed by atoms with van der Waals surface area (Å²) >= 11 is 0. The third kappa shape index (κ3) is 3.27. The number of piperidine rings is 1. The molecule has 1 unspecified atom stereocenters. The van der Waals surface area contributed by atoms with Crippen LogP contribution >= 0.6 is 0 Å². The summed E-state index contributed by atoms with van der Waals surface area (Å²) in [6, 6.07) is 4.18. The highest BCUT2D eigenvalue weighted by Crippen LogP contribution is 2.59. The van der Waals surface area contributed by atoms with Crippen molar-refractivity contribution in [2.45, 2.75) is 45.1 Å². The van der Waals surface area contributed by atoms with Gasteiger partial charge in [-0.05, 0) is 68.2 Å². The normalized spacial score (nSPS) is 26.7. The quantitative estimate of drug-likeness (QED) is 0.909. The largest absolute Gasteiger partial charge is 0.356 e. The van der Waals surface area contributed by atoms with Gasteiger partial charge >= 0.3 is 0 Å². The van der Waals surface area contributed by atoms with Crippen LogP contribution < -0.4 is 5.32 Å². The Balaban J connectivity index is 1.20. The van der Waals surface area contributed by atoms with Crippen molar-refractivity contribution in [3.63, 3.8) is 0 Å². The number of carbonyl (C=O) groups is 1. The van der Waals surface area contributed by atoms with Crippen LogP contribution in [0.2, 0.25) is 0 Å². The summed E-state index contributed by atoms with van der Waals surface area (Å²) in [5.74, 6) is 1.37. The highest BCUT2D eigenvalue weighted by Gasteiger charge is 2.54.